The lowest BCUT2D eigenvalue weighted by molar-refractivity contribution is 0.292. The van der Waals surface area contributed by atoms with Crippen LogP contribution >= 0.6 is 23.8 Å². The van der Waals surface area contributed by atoms with E-state index in [9.17, 15) is 0 Å². The molecule has 1 aliphatic carbocycles. The van der Waals surface area contributed by atoms with Gasteiger partial charge < -0.3 is 15.5 Å². The number of benzene rings is 2. The summed E-state index contributed by atoms with van der Waals surface area (Å²) in [4.78, 5) is 7.05. The largest absolute Gasteiger partial charge is 0.362 e. The van der Waals surface area contributed by atoms with Crippen LogP contribution < -0.4 is 15.5 Å². The Morgan fingerprint density at radius 3 is 2.47 bits per heavy atom. The zero-order valence-electron chi connectivity index (χ0n) is 19.4. The molecule has 1 fully saturated rings. The molecule has 0 atom stereocenters. The molecule has 0 radical (unpaired) electrons. The van der Waals surface area contributed by atoms with Crippen molar-refractivity contribution in [2.24, 2.45) is 0 Å². The molecule has 1 saturated carbocycles. The zero-order chi connectivity index (χ0) is 23.4. The predicted molar refractivity (Wildman–Crippen MR) is 146 cm³/mol. The van der Waals surface area contributed by atoms with Crippen LogP contribution in [0.5, 0.6) is 0 Å². The van der Waals surface area contributed by atoms with Crippen molar-refractivity contribution >= 4 is 40.4 Å². The second-order valence-corrected chi connectivity index (χ2v) is 10.3. The number of rotatable bonds is 5. The van der Waals surface area contributed by atoms with E-state index in [0.717, 1.165) is 42.6 Å². The van der Waals surface area contributed by atoms with Gasteiger partial charge in [0.25, 0.3) is 0 Å². The molecule has 0 unspecified atom stereocenters. The molecule has 0 bridgehead atoms. The lowest BCUT2D eigenvalue weighted by Gasteiger charge is -2.38. The average molecular weight is 491 g/mol. The Morgan fingerprint density at radius 1 is 0.971 bits per heavy atom. The highest BCUT2D eigenvalue weighted by Gasteiger charge is 2.34. The number of thiocarbonyl (C=S) groups is 1. The molecule has 0 saturated heterocycles. The molecule has 3 aromatic rings. The Labute approximate surface area is 212 Å². The number of aromatic nitrogens is 1. The molecular weight excluding hydrogens is 460 g/mol. The first-order valence-electron chi connectivity index (χ1n) is 12.2. The van der Waals surface area contributed by atoms with Crippen LogP contribution in [-0.2, 0) is 18.4 Å². The lowest BCUT2D eigenvalue weighted by Crippen LogP contribution is -2.43. The Hall–Kier alpha value is -2.63. The predicted octanol–water partition coefficient (Wildman–Crippen LogP) is 6.49. The highest BCUT2D eigenvalue weighted by atomic mass is 35.5. The van der Waals surface area contributed by atoms with Crippen molar-refractivity contribution in [3.05, 3.63) is 88.6 Å². The number of nitrogens with zero attached hydrogens (tertiary/aromatic N) is 2. The van der Waals surface area contributed by atoms with Crippen LogP contribution in [0.4, 0.5) is 11.5 Å². The van der Waals surface area contributed by atoms with E-state index in [1.165, 1.54) is 48.8 Å². The van der Waals surface area contributed by atoms with E-state index in [-0.39, 0.29) is 5.41 Å². The van der Waals surface area contributed by atoms with Crippen molar-refractivity contribution in [3.63, 3.8) is 0 Å². The van der Waals surface area contributed by atoms with Crippen LogP contribution in [0, 0.1) is 0 Å². The molecule has 6 heteroatoms. The van der Waals surface area contributed by atoms with E-state index in [1.807, 2.05) is 18.3 Å². The van der Waals surface area contributed by atoms with Crippen LogP contribution in [0.25, 0.3) is 0 Å². The highest BCUT2D eigenvalue weighted by molar-refractivity contribution is 7.80. The third-order valence-electron chi connectivity index (χ3n) is 7.31. The third-order valence-corrected chi connectivity index (χ3v) is 7.81. The molecule has 1 aromatic heterocycles. The smallest absolute Gasteiger partial charge is 0.170 e. The van der Waals surface area contributed by atoms with Crippen LogP contribution in [0.2, 0.25) is 5.02 Å². The van der Waals surface area contributed by atoms with Crippen molar-refractivity contribution < 1.29 is 0 Å². The van der Waals surface area contributed by atoms with Crippen molar-refractivity contribution in [1.29, 1.82) is 0 Å². The highest BCUT2D eigenvalue weighted by Crippen LogP contribution is 2.39. The molecule has 2 N–H and O–H groups in total. The minimum absolute atomic E-state index is 0.0985. The molecule has 2 heterocycles. The fourth-order valence-electron chi connectivity index (χ4n) is 5.36. The van der Waals surface area contributed by atoms with E-state index in [1.54, 1.807) is 0 Å². The number of halogens is 1. The third kappa shape index (κ3) is 5.21. The van der Waals surface area contributed by atoms with Gasteiger partial charge in [0, 0.05) is 30.1 Å². The summed E-state index contributed by atoms with van der Waals surface area (Å²) in [5, 5.41) is 8.24. The summed E-state index contributed by atoms with van der Waals surface area (Å²) in [6.45, 7) is 2.71. The summed E-state index contributed by atoms with van der Waals surface area (Å²) in [6.07, 6.45) is 9.06. The van der Waals surface area contributed by atoms with Gasteiger partial charge in [0.05, 0.1) is 11.9 Å². The van der Waals surface area contributed by atoms with Gasteiger partial charge in [0.1, 0.15) is 5.82 Å². The SMILES string of the molecule is S=C(NCC1(c2ccc(Cl)cc2)CCCCC1)Nc1ccc(N2CCc3ccccc3C2)nc1. The second-order valence-electron chi connectivity index (χ2n) is 9.50. The average Bonchev–Trinajstić information content (AvgIpc) is 2.89. The van der Waals surface area contributed by atoms with Crippen molar-refractivity contribution in [3.8, 4) is 0 Å². The van der Waals surface area contributed by atoms with Crippen LogP contribution in [0.15, 0.2) is 66.9 Å². The van der Waals surface area contributed by atoms with E-state index in [4.69, 9.17) is 28.8 Å². The van der Waals surface area contributed by atoms with Gasteiger partial charge in [0.15, 0.2) is 5.11 Å². The first-order valence-corrected chi connectivity index (χ1v) is 13.0. The van der Waals surface area contributed by atoms with E-state index < -0.39 is 0 Å². The van der Waals surface area contributed by atoms with Gasteiger partial charge in [-0.1, -0.05) is 67.3 Å². The lowest BCUT2D eigenvalue weighted by atomic mass is 9.69. The number of hydrogen-bond donors (Lipinski definition) is 2. The monoisotopic (exact) mass is 490 g/mol. The molecule has 5 rings (SSSR count). The molecule has 34 heavy (non-hydrogen) atoms. The normalized spacial score (nSPS) is 17.0. The van der Waals surface area contributed by atoms with Gasteiger partial charge in [-0.25, -0.2) is 4.98 Å². The van der Waals surface area contributed by atoms with Crippen molar-refractivity contribution in [2.75, 3.05) is 23.3 Å². The van der Waals surface area contributed by atoms with E-state index in [2.05, 4.69) is 64.1 Å². The van der Waals surface area contributed by atoms with E-state index in [0.29, 0.717) is 5.11 Å². The Kier molecular flexibility index (Phi) is 7.02. The van der Waals surface area contributed by atoms with Crippen LogP contribution in [-0.4, -0.2) is 23.2 Å². The first-order chi connectivity index (χ1) is 16.6. The van der Waals surface area contributed by atoms with Gasteiger partial charge in [-0.15, -0.1) is 0 Å². The van der Waals surface area contributed by atoms with Gasteiger partial charge in [0.2, 0.25) is 0 Å². The maximum atomic E-state index is 6.14. The number of hydrogen-bond acceptors (Lipinski definition) is 3. The Morgan fingerprint density at radius 2 is 1.74 bits per heavy atom. The number of fused-ring (bicyclic) bond motifs is 1. The molecule has 2 aromatic carbocycles. The van der Waals surface area contributed by atoms with Gasteiger partial charge in [-0.05, 0) is 72.4 Å². The van der Waals surface area contributed by atoms with Crippen LogP contribution in [0.3, 0.4) is 0 Å². The molecule has 0 spiro atoms. The van der Waals surface area contributed by atoms with Crippen LogP contribution in [0.1, 0.15) is 48.8 Å². The maximum Gasteiger partial charge on any atom is 0.170 e. The maximum absolute atomic E-state index is 6.14. The topological polar surface area (TPSA) is 40.2 Å². The first kappa shape index (κ1) is 23.1. The minimum Gasteiger partial charge on any atom is -0.362 e. The summed E-state index contributed by atoms with van der Waals surface area (Å²) in [7, 11) is 0. The second kappa shape index (κ2) is 10.3. The van der Waals surface area contributed by atoms with E-state index >= 15 is 0 Å². The number of anilines is 2. The summed E-state index contributed by atoms with van der Waals surface area (Å²) >= 11 is 11.8. The summed E-state index contributed by atoms with van der Waals surface area (Å²) in [5.74, 6) is 1.00. The number of nitrogens with one attached hydrogen (secondary N) is 2. The zero-order valence-corrected chi connectivity index (χ0v) is 21.0. The van der Waals surface area contributed by atoms with Crippen molar-refractivity contribution in [1.82, 2.24) is 10.3 Å². The minimum atomic E-state index is 0.0985. The fourth-order valence-corrected chi connectivity index (χ4v) is 5.68. The standard InChI is InChI=1S/C28H31ClN4S/c29-24-10-8-23(9-11-24)28(15-4-1-5-16-28)20-31-27(34)32-25-12-13-26(30-18-25)33-17-14-21-6-2-3-7-22(21)19-33/h2-3,6-13,18H,1,4-5,14-17,19-20H2,(H2,31,32,34). The van der Waals surface area contributed by atoms with Gasteiger partial charge >= 0.3 is 0 Å². The van der Waals surface area contributed by atoms with Crippen molar-refractivity contribution in [2.45, 2.75) is 50.5 Å². The number of pyridine rings is 1. The quantitative estimate of drug-likeness (QED) is 0.400. The van der Waals surface area contributed by atoms with Gasteiger partial charge in [-0.3, -0.25) is 0 Å². The summed E-state index contributed by atoms with van der Waals surface area (Å²) in [6, 6.07) is 21.2. The molecule has 1 aliphatic heterocycles. The summed E-state index contributed by atoms with van der Waals surface area (Å²) in [5.41, 5.74) is 5.19. The fraction of sp³-hybridized carbons (Fsp3) is 0.357. The Bertz CT molecular complexity index is 1120. The molecule has 176 valence electrons. The van der Waals surface area contributed by atoms with Gasteiger partial charge in [-0.2, -0.15) is 0 Å². The molecule has 2 aliphatic rings. The molecular formula is C28H31ClN4S. The molecule has 0 amide bonds. The Balaban J connectivity index is 1.19. The molecule has 4 nitrogen and oxygen atoms in total. The summed E-state index contributed by atoms with van der Waals surface area (Å²) < 4.78 is 0.